The van der Waals surface area contributed by atoms with Gasteiger partial charge >= 0.3 is 0 Å². The Morgan fingerprint density at radius 1 is 1.13 bits per heavy atom. The highest BCUT2D eigenvalue weighted by Crippen LogP contribution is 2.37. The maximum Gasteiger partial charge on any atom is 0.160 e. The van der Waals surface area contributed by atoms with Gasteiger partial charge in [0.15, 0.2) is 11.5 Å². The summed E-state index contributed by atoms with van der Waals surface area (Å²) in [5.41, 5.74) is 1.16. The predicted octanol–water partition coefficient (Wildman–Crippen LogP) is 2.15. The highest BCUT2D eigenvalue weighted by molar-refractivity contribution is 5.86. The molecule has 1 fully saturated rings. The van der Waals surface area contributed by atoms with Crippen LogP contribution >= 0.6 is 0 Å². The third-order valence-electron chi connectivity index (χ3n) is 2.83. The Morgan fingerprint density at radius 3 is 2.33 bits per heavy atom. The Balaban J connectivity index is 2.23. The zero-order chi connectivity index (χ0) is 10.8. The molecule has 0 N–H and O–H groups in total. The van der Waals surface area contributed by atoms with E-state index < -0.39 is 0 Å². The van der Waals surface area contributed by atoms with Crippen molar-refractivity contribution < 1.29 is 14.3 Å². The van der Waals surface area contributed by atoms with Gasteiger partial charge in [0.1, 0.15) is 5.78 Å². The summed E-state index contributed by atoms with van der Waals surface area (Å²) < 4.78 is 10.4. The fourth-order valence-electron chi connectivity index (χ4n) is 1.83. The second-order valence-corrected chi connectivity index (χ2v) is 3.76. The molecule has 0 aromatic heterocycles. The minimum absolute atomic E-state index is 0.342. The molecule has 15 heavy (non-hydrogen) atoms. The molecular formula is C12H14O3. The van der Waals surface area contributed by atoms with Crippen molar-refractivity contribution in [1.29, 1.82) is 0 Å². The molecule has 80 valence electrons. The monoisotopic (exact) mass is 206 g/mol. The van der Waals surface area contributed by atoms with Crippen LogP contribution in [-0.2, 0) is 4.79 Å². The maximum atomic E-state index is 10.9. The van der Waals surface area contributed by atoms with Gasteiger partial charge in [-0.3, -0.25) is 4.79 Å². The molecule has 0 amide bonds. The summed E-state index contributed by atoms with van der Waals surface area (Å²) in [5, 5.41) is 0. The summed E-state index contributed by atoms with van der Waals surface area (Å²) in [5.74, 6) is 2.17. The first-order valence-electron chi connectivity index (χ1n) is 4.98. The lowest BCUT2D eigenvalue weighted by atomic mass is 9.79. The van der Waals surface area contributed by atoms with E-state index in [1.807, 2.05) is 18.2 Å². The number of benzene rings is 1. The summed E-state index contributed by atoms with van der Waals surface area (Å²) in [6.45, 7) is 0. The van der Waals surface area contributed by atoms with Gasteiger partial charge in [-0.2, -0.15) is 0 Å². The van der Waals surface area contributed by atoms with Gasteiger partial charge in [0.25, 0.3) is 0 Å². The number of hydrogen-bond acceptors (Lipinski definition) is 3. The molecule has 1 aliphatic carbocycles. The van der Waals surface area contributed by atoms with Crippen molar-refractivity contribution in [2.45, 2.75) is 18.8 Å². The molecule has 0 atom stereocenters. The Labute approximate surface area is 89.0 Å². The van der Waals surface area contributed by atoms with E-state index in [2.05, 4.69) is 0 Å². The molecule has 0 heterocycles. The number of ketones is 1. The van der Waals surface area contributed by atoms with Gasteiger partial charge in [0, 0.05) is 12.8 Å². The van der Waals surface area contributed by atoms with Crippen molar-refractivity contribution in [2.24, 2.45) is 0 Å². The van der Waals surface area contributed by atoms with Crippen LogP contribution in [-0.4, -0.2) is 20.0 Å². The van der Waals surface area contributed by atoms with Crippen molar-refractivity contribution in [3.05, 3.63) is 23.8 Å². The number of rotatable bonds is 3. The number of ether oxygens (including phenoxy) is 2. The smallest absolute Gasteiger partial charge is 0.160 e. The molecule has 0 saturated heterocycles. The van der Waals surface area contributed by atoms with E-state index in [-0.39, 0.29) is 0 Å². The molecule has 0 aliphatic heterocycles. The van der Waals surface area contributed by atoms with Crippen LogP contribution in [0.2, 0.25) is 0 Å². The first kappa shape index (κ1) is 10.0. The quantitative estimate of drug-likeness (QED) is 0.760. The first-order chi connectivity index (χ1) is 7.24. The standard InChI is InChI=1S/C12H14O3/c1-14-11-4-3-8(7-12(11)15-2)9-5-10(13)6-9/h3-4,7,9H,5-6H2,1-2H3. The van der Waals surface area contributed by atoms with Gasteiger partial charge in [-0.05, 0) is 23.6 Å². The van der Waals surface area contributed by atoms with Crippen LogP contribution < -0.4 is 9.47 Å². The zero-order valence-electron chi connectivity index (χ0n) is 8.95. The Morgan fingerprint density at radius 2 is 1.80 bits per heavy atom. The molecule has 1 aromatic carbocycles. The minimum atomic E-state index is 0.342. The normalized spacial score (nSPS) is 16.0. The van der Waals surface area contributed by atoms with Crippen molar-refractivity contribution in [1.82, 2.24) is 0 Å². The second-order valence-electron chi connectivity index (χ2n) is 3.76. The van der Waals surface area contributed by atoms with E-state index in [1.165, 1.54) is 0 Å². The third-order valence-corrected chi connectivity index (χ3v) is 2.83. The summed E-state index contributed by atoms with van der Waals surface area (Å²) in [6, 6.07) is 5.84. The molecule has 0 spiro atoms. The van der Waals surface area contributed by atoms with Crippen molar-refractivity contribution in [3.63, 3.8) is 0 Å². The molecule has 1 aromatic rings. The topological polar surface area (TPSA) is 35.5 Å². The highest BCUT2D eigenvalue weighted by atomic mass is 16.5. The van der Waals surface area contributed by atoms with Crippen molar-refractivity contribution in [2.75, 3.05) is 14.2 Å². The molecule has 3 nitrogen and oxygen atoms in total. The van der Waals surface area contributed by atoms with E-state index in [9.17, 15) is 4.79 Å². The van der Waals surface area contributed by atoms with Crippen LogP contribution in [0.25, 0.3) is 0 Å². The summed E-state index contributed by atoms with van der Waals surface area (Å²) in [7, 11) is 3.23. The molecule has 1 saturated carbocycles. The second kappa shape index (κ2) is 3.93. The van der Waals surface area contributed by atoms with Gasteiger partial charge < -0.3 is 9.47 Å². The van der Waals surface area contributed by atoms with Gasteiger partial charge in [-0.15, -0.1) is 0 Å². The molecule has 0 unspecified atom stereocenters. The summed E-state index contributed by atoms with van der Waals surface area (Å²) >= 11 is 0. The Hall–Kier alpha value is -1.51. The van der Waals surface area contributed by atoms with Crippen molar-refractivity contribution in [3.8, 4) is 11.5 Å². The lowest BCUT2D eigenvalue weighted by molar-refractivity contribution is -0.124. The van der Waals surface area contributed by atoms with Crippen LogP contribution in [0.4, 0.5) is 0 Å². The molecule has 3 heteroatoms. The summed E-state index contributed by atoms with van der Waals surface area (Å²) in [6.07, 6.45) is 1.32. The van der Waals surface area contributed by atoms with E-state index in [4.69, 9.17) is 9.47 Å². The number of methoxy groups -OCH3 is 2. The molecule has 2 rings (SSSR count). The van der Waals surface area contributed by atoms with Crippen LogP contribution in [0.3, 0.4) is 0 Å². The lowest BCUT2D eigenvalue weighted by Crippen LogP contribution is -2.21. The third kappa shape index (κ3) is 1.82. The van der Waals surface area contributed by atoms with Gasteiger partial charge in [0.05, 0.1) is 14.2 Å². The number of Topliss-reactive ketones (excluding diaryl/α,β-unsaturated/α-hetero) is 1. The predicted molar refractivity (Wildman–Crippen MR) is 56.5 cm³/mol. The van der Waals surface area contributed by atoms with Gasteiger partial charge in [-0.1, -0.05) is 6.07 Å². The van der Waals surface area contributed by atoms with E-state index >= 15 is 0 Å². The Bertz CT molecular complexity index is 376. The first-order valence-corrected chi connectivity index (χ1v) is 4.98. The Kier molecular flexibility index (Phi) is 2.62. The highest BCUT2D eigenvalue weighted by Gasteiger charge is 2.28. The SMILES string of the molecule is COc1ccc(C2CC(=O)C2)cc1OC. The van der Waals surface area contributed by atoms with E-state index in [0.29, 0.717) is 24.5 Å². The number of hydrogen-bond donors (Lipinski definition) is 0. The molecule has 0 radical (unpaired) electrons. The minimum Gasteiger partial charge on any atom is -0.493 e. The van der Waals surface area contributed by atoms with Crippen LogP contribution in [0, 0.1) is 0 Å². The van der Waals surface area contributed by atoms with Crippen molar-refractivity contribution >= 4 is 5.78 Å². The van der Waals surface area contributed by atoms with E-state index in [0.717, 1.165) is 17.1 Å². The summed E-state index contributed by atoms with van der Waals surface area (Å²) in [4.78, 5) is 10.9. The maximum absolute atomic E-state index is 10.9. The fourth-order valence-corrected chi connectivity index (χ4v) is 1.83. The zero-order valence-corrected chi connectivity index (χ0v) is 8.95. The van der Waals surface area contributed by atoms with Crippen LogP contribution in [0.15, 0.2) is 18.2 Å². The fraction of sp³-hybridized carbons (Fsp3) is 0.417. The van der Waals surface area contributed by atoms with Gasteiger partial charge in [0.2, 0.25) is 0 Å². The van der Waals surface area contributed by atoms with Crippen LogP contribution in [0.1, 0.15) is 24.3 Å². The molecule has 1 aliphatic rings. The number of carbonyl (C=O) groups is 1. The average Bonchev–Trinajstić information content (AvgIpc) is 2.24. The van der Waals surface area contributed by atoms with Crippen LogP contribution in [0.5, 0.6) is 11.5 Å². The largest absolute Gasteiger partial charge is 0.493 e. The average molecular weight is 206 g/mol. The van der Waals surface area contributed by atoms with Gasteiger partial charge in [-0.25, -0.2) is 0 Å². The van der Waals surface area contributed by atoms with E-state index in [1.54, 1.807) is 14.2 Å². The lowest BCUT2D eigenvalue weighted by Gasteiger charge is -2.25. The molecule has 0 bridgehead atoms. The number of carbonyl (C=O) groups excluding carboxylic acids is 1. The molecular weight excluding hydrogens is 192 g/mol.